The Hall–Kier alpha value is -1.74. The molecule has 1 rings (SSSR count). The van der Waals surface area contributed by atoms with Gasteiger partial charge in [0.15, 0.2) is 5.82 Å². The summed E-state index contributed by atoms with van der Waals surface area (Å²) in [5, 5.41) is 2.34. The number of nitrogens with two attached hydrogens (primary N) is 1. The van der Waals surface area contributed by atoms with Gasteiger partial charge in [-0.2, -0.15) is 0 Å². The Morgan fingerprint density at radius 2 is 1.95 bits per heavy atom. The summed E-state index contributed by atoms with van der Waals surface area (Å²) in [6.07, 6.45) is 1.32. The fourth-order valence-electron chi connectivity index (χ4n) is 1.42. The van der Waals surface area contributed by atoms with Crippen molar-refractivity contribution in [3.63, 3.8) is 0 Å². The summed E-state index contributed by atoms with van der Waals surface area (Å²) in [4.78, 5) is 11.6. The van der Waals surface area contributed by atoms with Crippen molar-refractivity contribution in [2.45, 2.75) is 6.42 Å². The number of hydrogen-bond donors (Lipinski definition) is 3. The molecule has 0 spiro atoms. The van der Waals surface area contributed by atoms with Crippen molar-refractivity contribution in [1.29, 1.82) is 0 Å². The maximum absolute atomic E-state index is 13.5. The van der Waals surface area contributed by atoms with Gasteiger partial charge >= 0.3 is 0 Å². The van der Waals surface area contributed by atoms with Crippen LogP contribution in [0.3, 0.4) is 0 Å². The minimum absolute atomic E-state index is 0.108. The molecule has 0 aliphatic carbocycles. The van der Waals surface area contributed by atoms with E-state index in [1.54, 1.807) is 0 Å². The van der Waals surface area contributed by atoms with E-state index in [1.165, 1.54) is 0 Å². The summed E-state index contributed by atoms with van der Waals surface area (Å²) < 4.78 is 50.3. The van der Waals surface area contributed by atoms with Crippen molar-refractivity contribution in [1.82, 2.24) is 10.0 Å². The van der Waals surface area contributed by atoms with Crippen LogP contribution in [0.15, 0.2) is 12.1 Å². The maximum Gasteiger partial charge on any atom is 0.254 e. The van der Waals surface area contributed by atoms with Gasteiger partial charge in [0.2, 0.25) is 10.0 Å². The van der Waals surface area contributed by atoms with Crippen LogP contribution in [0.5, 0.6) is 0 Å². The number of sulfonamides is 1. The second kappa shape index (κ2) is 6.62. The summed E-state index contributed by atoms with van der Waals surface area (Å²) >= 11 is 0. The highest BCUT2D eigenvalue weighted by atomic mass is 32.2. The first kappa shape index (κ1) is 16.3. The molecule has 0 atom stereocenters. The predicted octanol–water partition coefficient (Wildman–Crippen LogP) is 0.216. The van der Waals surface area contributed by atoms with Gasteiger partial charge in [-0.25, -0.2) is 21.9 Å². The number of carbonyl (C=O) groups excluding carboxylic acids is 1. The fourth-order valence-corrected chi connectivity index (χ4v) is 1.93. The number of hydrogen-bond acceptors (Lipinski definition) is 4. The third-order valence-electron chi connectivity index (χ3n) is 2.31. The lowest BCUT2D eigenvalue weighted by molar-refractivity contribution is 0.0949. The van der Waals surface area contributed by atoms with E-state index in [0.717, 1.165) is 18.4 Å². The van der Waals surface area contributed by atoms with E-state index in [4.69, 9.17) is 5.73 Å². The van der Waals surface area contributed by atoms with Crippen LogP contribution in [-0.4, -0.2) is 33.7 Å². The van der Waals surface area contributed by atoms with Gasteiger partial charge in [0, 0.05) is 13.1 Å². The van der Waals surface area contributed by atoms with Crippen molar-refractivity contribution >= 4 is 21.6 Å². The maximum atomic E-state index is 13.5. The first-order chi connectivity index (χ1) is 9.20. The topological polar surface area (TPSA) is 101 Å². The smallest absolute Gasteiger partial charge is 0.254 e. The number of anilines is 1. The molecule has 0 saturated heterocycles. The van der Waals surface area contributed by atoms with Gasteiger partial charge in [-0.1, -0.05) is 0 Å². The first-order valence-electron chi connectivity index (χ1n) is 5.68. The van der Waals surface area contributed by atoms with Crippen molar-refractivity contribution < 1.29 is 22.0 Å². The van der Waals surface area contributed by atoms with Crippen LogP contribution in [0.1, 0.15) is 16.8 Å². The molecule has 0 aliphatic heterocycles. The van der Waals surface area contributed by atoms with Crippen LogP contribution in [0.25, 0.3) is 0 Å². The molecule has 20 heavy (non-hydrogen) atoms. The van der Waals surface area contributed by atoms with E-state index in [-0.39, 0.29) is 13.1 Å². The van der Waals surface area contributed by atoms with Crippen LogP contribution in [-0.2, 0) is 10.0 Å². The summed E-state index contributed by atoms with van der Waals surface area (Å²) in [6.45, 7) is 0.240. The minimum atomic E-state index is -3.28. The first-order valence-corrected chi connectivity index (χ1v) is 7.57. The Kier molecular flexibility index (Phi) is 5.40. The van der Waals surface area contributed by atoms with Crippen molar-refractivity contribution in [2.24, 2.45) is 0 Å². The zero-order valence-corrected chi connectivity index (χ0v) is 11.6. The van der Waals surface area contributed by atoms with Gasteiger partial charge < -0.3 is 11.1 Å². The molecule has 1 aromatic carbocycles. The molecule has 4 N–H and O–H groups in total. The second-order valence-corrected chi connectivity index (χ2v) is 5.97. The van der Waals surface area contributed by atoms with E-state index >= 15 is 0 Å². The molecule has 1 amide bonds. The van der Waals surface area contributed by atoms with Crippen molar-refractivity contribution in [3.8, 4) is 0 Å². The SMILES string of the molecule is CS(=O)(=O)NCCCNC(=O)c1cc(F)cc(N)c1F. The van der Waals surface area contributed by atoms with E-state index in [0.29, 0.717) is 6.42 Å². The van der Waals surface area contributed by atoms with Crippen molar-refractivity contribution in [2.75, 3.05) is 25.1 Å². The molecule has 0 heterocycles. The van der Waals surface area contributed by atoms with Crippen molar-refractivity contribution in [3.05, 3.63) is 29.3 Å². The molecule has 0 fully saturated rings. The molecule has 9 heteroatoms. The lowest BCUT2D eigenvalue weighted by Crippen LogP contribution is -2.30. The normalized spacial score (nSPS) is 11.3. The predicted molar refractivity (Wildman–Crippen MR) is 70.6 cm³/mol. The van der Waals surface area contributed by atoms with Crippen LogP contribution in [0, 0.1) is 11.6 Å². The molecule has 0 aliphatic rings. The van der Waals surface area contributed by atoms with E-state index in [2.05, 4.69) is 10.0 Å². The zero-order chi connectivity index (χ0) is 15.3. The molecule has 6 nitrogen and oxygen atoms in total. The number of halogens is 2. The van der Waals surface area contributed by atoms with Gasteiger partial charge in [0.25, 0.3) is 5.91 Å². The molecule has 0 radical (unpaired) electrons. The van der Waals surface area contributed by atoms with E-state index < -0.39 is 38.8 Å². The van der Waals surface area contributed by atoms with Gasteiger partial charge in [0.1, 0.15) is 5.82 Å². The standard InChI is InChI=1S/C11H15F2N3O3S/c1-20(18,19)16-4-2-3-15-11(17)8-5-7(12)6-9(14)10(8)13/h5-6,16H,2-4,14H2,1H3,(H,15,17). The van der Waals surface area contributed by atoms with E-state index in [9.17, 15) is 22.0 Å². The molecule has 112 valence electrons. The number of nitrogens with one attached hydrogen (secondary N) is 2. The second-order valence-electron chi connectivity index (χ2n) is 4.13. The van der Waals surface area contributed by atoms with Gasteiger partial charge in [-0.3, -0.25) is 4.79 Å². The Morgan fingerprint density at radius 1 is 1.30 bits per heavy atom. The molecular weight excluding hydrogens is 292 g/mol. The lowest BCUT2D eigenvalue weighted by Gasteiger charge is -2.08. The third-order valence-corrected chi connectivity index (χ3v) is 3.04. The number of carbonyl (C=O) groups is 1. The monoisotopic (exact) mass is 307 g/mol. The van der Waals surface area contributed by atoms with Gasteiger partial charge in [-0.05, 0) is 18.6 Å². The molecular formula is C11H15F2N3O3S. The number of benzene rings is 1. The number of amides is 1. The summed E-state index contributed by atoms with van der Waals surface area (Å²) in [6, 6.07) is 1.53. The third kappa shape index (κ3) is 5.10. The molecule has 0 saturated carbocycles. The van der Waals surface area contributed by atoms with E-state index in [1.807, 2.05) is 0 Å². The zero-order valence-electron chi connectivity index (χ0n) is 10.7. The highest BCUT2D eigenvalue weighted by molar-refractivity contribution is 7.88. The van der Waals surface area contributed by atoms with Crippen LogP contribution in [0.4, 0.5) is 14.5 Å². The summed E-state index contributed by atoms with van der Waals surface area (Å²) in [5.74, 6) is -2.61. The molecule has 0 bridgehead atoms. The average Bonchev–Trinajstić information content (AvgIpc) is 2.31. The number of nitrogen functional groups attached to an aromatic ring is 1. The fraction of sp³-hybridized carbons (Fsp3) is 0.364. The Bertz CT molecular complexity index is 605. The Balaban J connectivity index is 2.52. The largest absolute Gasteiger partial charge is 0.396 e. The minimum Gasteiger partial charge on any atom is -0.396 e. The van der Waals surface area contributed by atoms with Crippen LogP contribution < -0.4 is 15.8 Å². The molecule has 0 aromatic heterocycles. The summed E-state index contributed by atoms with van der Waals surface area (Å²) in [5.41, 5.74) is 4.27. The quantitative estimate of drug-likeness (QED) is 0.517. The van der Waals surface area contributed by atoms with Gasteiger partial charge in [-0.15, -0.1) is 0 Å². The molecule has 1 aromatic rings. The Morgan fingerprint density at radius 3 is 2.55 bits per heavy atom. The highest BCUT2D eigenvalue weighted by Crippen LogP contribution is 2.17. The van der Waals surface area contributed by atoms with Crippen LogP contribution in [0.2, 0.25) is 0 Å². The highest BCUT2D eigenvalue weighted by Gasteiger charge is 2.15. The summed E-state index contributed by atoms with van der Waals surface area (Å²) in [7, 11) is -3.28. The number of rotatable bonds is 6. The average molecular weight is 307 g/mol. The Labute approximate surface area is 115 Å². The molecule has 0 unspecified atom stereocenters. The van der Waals surface area contributed by atoms with Gasteiger partial charge in [0.05, 0.1) is 17.5 Å². The lowest BCUT2D eigenvalue weighted by atomic mass is 10.1. The van der Waals surface area contributed by atoms with Crippen LogP contribution >= 0.6 is 0 Å².